The Morgan fingerprint density at radius 3 is 1.96 bits per heavy atom. The van der Waals surface area contributed by atoms with Crippen LogP contribution in [-0.4, -0.2) is 37.0 Å². The van der Waals surface area contributed by atoms with Crippen molar-refractivity contribution in [2.24, 2.45) is 5.92 Å². The average molecular weight is 319 g/mol. The van der Waals surface area contributed by atoms with Crippen molar-refractivity contribution in [2.75, 3.05) is 14.1 Å². The van der Waals surface area contributed by atoms with Gasteiger partial charge in [0.25, 0.3) is 11.8 Å². The van der Waals surface area contributed by atoms with E-state index < -0.39 is 6.04 Å². The van der Waals surface area contributed by atoms with Gasteiger partial charge in [-0.15, -0.1) is 0 Å². The summed E-state index contributed by atoms with van der Waals surface area (Å²) in [6, 6.07) is 6.94. The monoisotopic (exact) mass is 319 g/mol. The molecule has 2 amide bonds. The Balaban J connectivity index is 2.85. The molecule has 1 atom stereocenters. The fourth-order valence-electron chi connectivity index (χ4n) is 2.17. The summed E-state index contributed by atoms with van der Waals surface area (Å²) >= 11 is 0. The zero-order valence-corrected chi connectivity index (χ0v) is 15.2. The smallest absolute Gasteiger partial charge is 0.257 e. The van der Waals surface area contributed by atoms with E-state index in [-0.39, 0.29) is 23.1 Å². The molecule has 0 bridgehead atoms. The predicted octanol–water partition coefficient (Wildman–Crippen LogP) is 2.33. The van der Waals surface area contributed by atoms with Gasteiger partial charge in [-0.3, -0.25) is 15.0 Å². The van der Waals surface area contributed by atoms with Crippen molar-refractivity contribution < 1.29 is 9.59 Å². The quantitative estimate of drug-likeness (QED) is 0.819. The van der Waals surface area contributed by atoms with Gasteiger partial charge in [0.05, 0.1) is 0 Å². The van der Waals surface area contributed by atoms with Crippen molar-refractivity contribution in [3.05, 3.63) is 35.4 Å². The van der Waals surface area contributed by atoms with Gasteiger partial charge in [0.2, 0.25) is 0 Å². The molecule has 1 aromatic rings. The van der Waals surface area contributed by atoms with Crippen molar-refractivity contribution in [1.82, 2.24) is 15.8 Å². The van der Waals surface area contributed by atoms with Crippen LogP contribution in [0.5, 0.6) is 0 Å². The Hall–Kier alpha value is -1.88. The first-order valence-electron chi connectivity index (χ1n) is 7.91. The number of carbonyl (C=O) groups excluding carboxylic acids is 2. The second kappa shape index (κ2) is 7.59. The van der Waals surface area contributed by atoms with E-state index in [1.54, 1.807) is 31.2 Å². The Bertz CT molecular complexity index is 542. The van der Waals surface area contributed by atoms with Gasteiger partial charge in [-0.1, -0.05) is 46.8 Å². The van der Waals surface area contributed by atoms with E-state index >= 15 is 0 Å². The van der Waals surface area contributed by atoms with Crippen molar-refractivity contribution in [3.8, 4) is 0 Å². The summed E-state index contributed by atoms with van der Waals surface area (Å²) in [5.74, 6) is -0.463. The molecule has 23 heavy (non-hydrogen) atoms. The maximum absolute atomic E-state index is 12.4. The van der Waals surface area contributed by atoms with Gasteiger partial charge in [-0.2, -0.15) is 0 Å². The Kier molecular flexibility index (Phi) is 6.33. The van der Waals surface area contributed by atoms with E-state index in [1.165, 1.54) is 5.56 Å². The van der Waals surface area contributed by atoms with Crippen LogP contribution in [0.15, 0.2) is 24.3 Å². The molecule has 0 aliphatic heterocycles. The predicted molar refractivity (Wildman–Crippen MR) is 93.1 cm³/mol. The topological polar surface area (TPSA) is 61.4 Å². The van der Waals surface area contributed by atoms with Crippen LogP contribution >= 0.6 is 0 Å². The van der Waals surface area contributed by atoms with Crippen LogP contribution in [0.3, 0.4) is 0 Å². The highest BCUT2D eigenvalue weighted by Crippen LogP contribution is 2.22. The highest BCUT2D eigenvalue weighted by molar-refractivity contribution is 5.97. The summed E-state index contributed by atoms with van der Waals surface area (Å²) in [5.41, 5.74) is 4.46. The zero-order valence-electron chi connectivity index (χ0n) is 15.2. The van der Waals surface area contributed by atoms with Gasteiger partial charge in [-0.25, -0.2) is 5.01 Å². The van der Waals surface area contributed by atoms with Gasteiger partial charge in [0, 0.05) is 19.7 Å². The number of carbonyl (C=O) groups is 2. The molecule has 5 heteroatoms. The van der Waals surface area contributed by atoms with Crippen molar-refractivity contribution in [2.45, 2.75) is 46.1 Å². The molecule has 1 aromatic carbocycles. The number of nitrogens with zero attached hydrogens (tertiary/aromatic N) is 1. The van der Waals surface area contributed by atoms with Crippen LogP contribution in [0.25, 0.3) is 0 Å². The SMILES string of the molecule is CC(C)[C@H](NC(=O)c1ccc(C(C)(C)C)cc1)C(=O)NN(C)C. The summed E-state index contributed by atoms with van der Waals surface area (Å²) in [6.07, 6.45) is 0. The molecule has 0 spiro atoms. The van der Waals surface area contributed by atoms with Gasteiger partial charge in [-0.05, 0) is 29.0 Å². The van der Waals surface area contributed by atoms with E-state index in [0.717, 1.165) is 0 Å². The standard InChI is InChI=1S/C18H29N3O2/c1-12(2)15(17(23)20-21(6)7)19-16(22)13-8-10-14(11-9-13)18(3,4)5/h8-12,15H,1-7H3,(H,19,22)(H,20,23)/t15-/m0/s1. The highest BCUT2D eigenvalue weighted by atomic mass is 16.2. The molecule has 0 saturated heterocycles. The molecule has 0 aliphatic rings. The first-order chi connectivity index (χ1) is 10.5. The number of hydrazine groups is 1. The lowest BCUT2D eigenvalue weighted by Gasteiger charge is -2.24. The number of benzene rings is 1. The van der Waals surface area contributed by atoms with Crippen LogP contribution in [0.1, 0.15) is 50.5 Å². The number of nitrogens with one attached hydrogen (secondary N) is 2. The molecular weight excluding hydrogens is 290 g/mol. The minimum absolute atomic E-state index is 0.00671. The Morgan fingerprint density at radius 2 is 1.57 bits per heavy atom. The van der Waals surface area contributed by atoms with Gasteiger partial charge >= 0.3 is 0 Å². The van der Waals surface area contributed by atoms with Crippen LogP contribution in [0, 0.1) is 5.92 Å². The minimum atomic E-state index is -0.577. The lowest BCUT2D eigenvalue weighted by Crippen LogP contribution is -2.52. The van der Waals surface area contributed by atoms with Gasteiger partial charge < -0.3 is 5.32 Å². The first-order valence-corrected chi connectivity index (χ1v) is 7.91. The maximum Gasteiger partial charge on any atom is 0.257 e. The third-order valence-electron chi connectivity index (χ3n) is 3.58. The van der Waals surface area contributed by atoms with Crippen LogP contribution in [0.4, 0.5) is 0 Å². The average Bonchev–Trinajstić information content (AvgIpc) is 2.42. The molecule has 128 valence electrons. The summed E-state index contributed by atoms with van der Waals surface area (Å²) < 4.78 is 0. The molecule has 0 aromatic heterocycles. The Labute approximate surface area is 139 Å². The van der Waals surface area contributed by atoms with Crippen molar-refractivity contribution in [3.63, 3.8) is 0 Å². The van der Waals surface area contributed by atoms with Crippen molar-refractivity contribution in [1.29, 1.82) is 0 Å². The van der Waals surface area contributed by atoms with Crippen LogP contribution in [-0.2, 0) is 10.2 Å². The molecule has 2 N–H and O–H groups in total. The largest absolute Gasteiger partial charge is 0.340 e. The molecule has 5 nitrogen and oxygen atoms in total. The molecule has 0 unspecified atom stereocenters. The molecule has 0 aliphatic carbocycles. The van der Waals surface area contributed by atoms with Crippen molar-refractivity contribution >= 4 is 11.8 Å². The highest BCUT2D eigenvalue weighted by Gasteiger charge is 2.25. The van der Waals surface area contributed by atoms with E-state index in [1.807, 2.05) is 26.0 Å². The minimum Gasteiger partial charge on any atom is -0.340 e. The summed E-state index contributed by atoms with van der Waals surface area (Å²) in [4.78, 5) is 24.6. The molecular formula is C18H29N3O2. The Morgan fingerprint density at radius 1 is 1.04 bits per heavy atom. The summed E-state index contributed by atoms with van der Waals surface area (Å²) in [7, 11) is 3.48. The molecule has 0 heterocycles. The number of hydrogen-bond acceptors (Lipinski definition) is 3. The van der Waals surface area contributed by atoms with E-state index in [4.69, 9.17) is 0 Å². The van der Waals surface area contributed by atoms with Gasteiger partial charge in [0.1, 0.15) is 6.04 Å². The number of hydrogen-bond donors (Lipinski definition) is 2. The van der Waals surface area contributed by atoms with E-state index in [0.29, 0.717) is 5.56 Å². The summed E-state index contributed by atoms with van der Waals surface area (Å²) in [5, 5.41) is 4.39. The molecule has 1 rings (SSSR count). The lowest BCUT2D eigenvalue weighted by molar-refractivity contribution is -0.127. The molecule has 0 radical (unpaired) electrons. The van der Waals surface area contributed by atoms with E-state index in [9.17, 15) is 9.59 Å². The first kappa shape index (κ1) is 19.2. The van der Waals surface area contributed by atoms with E-state index in [2.05, 4.69) is 31.5 Å². The third kappa shape index (κ3) is 5.67. The zero-order chi connectivity index (χ0) is 17.8. The van der Waals surface area contributed by atoms with Crippen LogP contribution in [0.2, 0.25) is 0 Å². The van der Waals surface area contributed by atoms with Gasteiger partial charge in [0.15, 0.2) is 0 Å². The maximum atomic E-state index is 12.4. The van der Waals surface area contributed by atoms with Crippen LogP contribution < -0.4 is 10.7 Å². The summed E-state index contributed by atoms with van der Waals surface area (Å²) in [6.45, 7) is 10.2. The molecule has 0 saturated carbocycles. The normalized spacial score (nSPS) is 13.1. The number of amides is 2. The lowest BCUT2D eigenvalue weighted by atomic mass is 9.86. The second-order valence-electron chi connectivity index (χ2n) is 7.39. The fourth-order valence-corrected chi connectivity index (χ4v) is 2.17. The number of rotatable bonds is 5. The third-order valence-corrected chi connectivity index (χ3v) is 3.58. The fraction of sp³-hybridized carbons (Fsp3) is 0.556. The second-order valence-corrected chi connectivity index (χ2v) is 7.39. The molecule has 0 fully saturated rings.